The molecule has 0 saturated heterocycles. The van der Waals surface area contributed by atoms with Crippen molar-refractivity contribution in [3.8, 4) is 0 Å². The van der Waals surface area contributed by atoms with E-state index >= 15 is 0 Å². The monoisotopic (exact) mass is 257 g/mol. The first kappa shape index (κ1) is 13.9. The molecule has 9 heteroatoms. The van der Waals surface area contributed by atoms with Gasteiger partial charge in [0, 0.05) is 0 Å². The van der Waals surface area contributed by atoms with Crippen LogP contribution in [0.5, 0.6) is 0 Å². The SMILES string of the molecule is CC(C)(C)OC(=O)NCc1nnn(CC(=O)O)n1. The van der Waals surface area contributed by atoms with E-state index in [1.54, 1.807) is 20.8 Å². The standard InChI is InChI=1S/C9H15N5O4/c1-9(2,3)18-8(17)10-4-6-11-13-14(12-6)5-7(15)16/h4-5H2,1-3H3,(H,10,17)(H,15,16). The van der Waals surface area contributed by atoms with Crippen LogP contribution in [-0.4, -0.2) is 43.0 Å². The van der Waals surface area contributed by atoms with Crippen molar-refractivity contribution in [3.05, 3.63) is 5.82 Å². The summed E-state index contributed by atoms with van der Waals surface area (Å²) in [6, 6.07) is 0. The summed E-state index contributed by atoms with van der Waals surface area (Å²) >= 11 is 0. The maximum absolute atomic E-state index is 11.3. The summed E-state index contributed by atoms with van der Waals surface area (Å²) < 4.78 is 5.00. The van der Waals surface area contributed by atoms with Gasteiger partial charge in [0.2, 0.25) is 0 Å². The van der Waals surface area contributed by atoms with E-state index in [9.17, 15) is 9.59 Å². The number of carbonyl (C=O) groups excluding carboxylic acids is 1. The van der Waals surface area contributed by atoms with Crippen molar-refractivity contribution in [2.24, 2.45) is 0 Å². The van der Waals surface area contributed by atoms with Crippen molar-refractivity contribution in [2.45, 2.75) is 39.5 Å². The second kappa shape index (κ2) is 5.43. The number of rotatable bonds is 4. The molecule has 9 nitrogen and oxygen atoms in total. The molecular weight excluding hydrogens is 242 g/mol. The lowest BCUT2D eigenvalue weighted by atomic mass is 10.2. The number of hydrogen-bond donors (Lipinski definition) is 2. The molecule has 1 amide bonds. The third kappa shape index (κ3) is 5.23. The maximum Gasteiger partial charge on any atom is 0.408 e. The van der Waals surface area contributed by atoms with Crippen LogP contribution in [0.15, 0.2) is 0 Å². The van der Waals surface area contributed by atoms with Crippen molar-refractivity contribution in [2.75, 3.05) is 0 Å². The van der Waals surface area contributed by atoms with E-state index in [1.165, 1.54) is 0 Å². The molecule has 1 rings (SSSR count). The van der Waals surface area contributed by atoms with Crippen LogP contribution in [0.1, 0.15) is 26.6 Å². The van der Waals surface area contributed by atoms with Gasteiger partial charge in [0.15, 0.2) is 12.4 Å². The molecule has 1 aromatic heterocycles. The van der Waals surface area contributed by atoms with Gasteiger partial charge in [-0.15, -0.1) is 10.2 Å². The topological polar surface area (TPSA) is 119 Å². The van der Waals surface area contributed by atoms with Gasteiger partial charge in [0.25, 0.3) is 0 Å². The summed E-state index contributed by atoms with van der Waals surface area (Å²) in [4.78, 5) is 22.6. The fourth-order valence-corrected chi connectivity index (χ4v) is 1.00. The third-order valence-corrected chi connectivity index (χ3v) is 1.56. The third-order valence-electron chi connectivity index (χ3n) is 1.56. The van der Waals surface area contributed by atoms with Gasteiger partial charge < -0.3 is 15.2 Å². The molecular formula is C9H15N5O4. The summed E-state index contributed by atoms with van der Waals surface area (Å²) in [6.07, 6.45) is -0.600. The maximum atomic E-state index is 11.3. The lowest BCUT2D eigenvalue weighted by molar-refractivity contribution is -0.138. The van der Waals surface area contributed by atoms with Crippen LogP contribution in [0.3, 0.4) is 0 Å². The molecule has 0 fully saturated rings. The first-order valence-electron chi connectivity index (χ1n) is 5.21. The van der Waals surface area contributed by atoms with Gasteiger partial charge in [-0.2, -0.15) is 4.80 Å². The molecule has 0 atom stereocenters. The number of carboxylic acids is 1. The van der Waals surface area contributed by atoms with Crippen LogP contribution < -0.4 is 5.32 Å². The van der Waals surface area contributed by atoms with Gasteiger partial charge in [-0.3, -0.25) is 4.79 Å². The largest absolute Gasteiger partial charge is 0.480 e. The van der Waals surface area contributed by atoms with Crippen LogP contribution in [0.4, 0.5) is 4.79 Å². The minimum atomic E-state index is -1.07. The van der Waals surface area contributed by atoms with Crippen LogP contribution in [-0.2, 0) is 22.6 Å². The zero-order valence-electron chi connectivity index (χ0n) is 10.4. The van der Waals surface area contributed by atoms with Crippen LogP contribution in [0.2, 0.25) is 0 Å². The Morgan fingerprint density at radius 2 is 2.11 bits per heavy atom. The first-order chi connectivity index (χ1) is 8.26. The highest BCUT2D eigenvalue weighted by atomic mass is 16.6. The van der Waals surface area contributed by atoms with Gasteiger partial charge in [-0.1, -0.05) is 0 Å². The van der Waals surface area contributed by atoms with Crippen molar-refractivity contribution in [1.82, 2.24) is 25.5 Å². The van der Waals surface area contributed by atoms with E-state index in [0.717, 1.165) is 4.80 Å². The molecule has 18 heavy (non-hydrogen) atoms. The molecule has 0 aromatic carbocycles. The summed E-state index contributed by atoms with van der Waals surface area (Å²) in [7, 11) is 0. The summed E-state index contributed by atoms with van der Waals surface area (Å²) in [6.45, 7) is 4.88. The number of aliphatic carboxylic acids is 1. The summed E-state index contributed by atoms with van der Waals surface area (Å²) in [5.74, 6) is -0.860. The highest BCUT2D eigenvalue weighted by Gasteiger charge is 2.16. The van der Waals surface area contributed by atoms with E-state index < -0.39 is 17.7 Å². The number of carbonyl (C=O) groups is 2. The number of tetrazole rings is 1. The van der Waals surface area contributed by atoms with Crippen molar-refractivity contribution in [1.29, 1.82) is 0 Å². The average Bonchev–Trinajstić information content (AvgIpc) is 2.59. The number of nitrogens with zero attached hydrogens (tertiary/aromatic N) is 4. The Hall–Kier alpha value is -2.19. The Morgan fingerprint density at radius 3 is 2.67 bits per heavy atom. The molecule has 2 N–H and O–H groups in total. The second-order valence-electron chi connectivity index (χ2n) is 4.49. The average molecular weight is 257 g/mol. The van der Waals surface area contributed by atoms with Crippen molar-refractivity contribution >= 4 is 12.1 Å². The number of nitrogens with one attached hydrogen (secondary N) is 1. The molecule has 1 heterocycles. The van der Waals surface area contributed by atoms with E-state index in [4.69, 9.17) is 9.84 Å². The van der Waals surface area contributed by atoms with E-state index in [0.29, 0.717) is 0 Å². The van der Waals surface area contributed by atoms with Crippen molar-refractivity contribution in [3.63, 3.8) is 0 Å². The molecule has 0 aliphatic heterocycles. The highest BCUT2D eigenvalue weighted by molar-refractivity contribution is 5.67. The molecule has 0 aliphatic carbocycles. The second-order valence-corrected chi connectivity index (χ2v) is 4.49. The normalized spacial score (nSPS) is 11.1. The fraction of sp³-hybridized carbons (Fsp3) is 0.667. The van der Waals surface area contributed by atoms with Crippen LogP contribution in [0, 0.1) is 0 Å². The molecule has 0 aliphatic rings. The Morgan fingerprint density at radius 1 is 1.44 bits per heavy atom. The smallest absolute Gasteiger partial charge is 0.408 e. The van der Waals surface area contributed by atoms with E-state index in [-0.39, 0.29) is 18.9 Å². The number of aromatic nitrogens is 4. The minimum Gasteiger partial charge on any atom is -0.480 e. The van der Waals surface area contributed by atoms with Gasteiger partial charge in [0.05, 0.1) is 6.54 Å². The van der Waals surface area contributed by atoms with Gasteiger partial charge >= 0.3 is 12.1 Å². The molecule has 0 radical (unpaired) electrons. The van der Waals surface area contributed by atoms with E-state index in [2.05, 4.69) is 20.7 Å². The molecule has 0 spiro atoms. The molecule has 0 bridgehead atoms. The fourth-order valence-electron chi connectivity index (χ4n) is 1.00. The van der Waals surface area contributed by atoms with Gasteiger partial charge in [0.1, 0.15) is 5.60 Å². The molecule has 0 unspecified atom stereocenters. The number of ether oxygens (including phenoxy) is 1. The molecule has 100 valence electrons. The van der Waals surface area contributed by atoms with Gasteiger partial charge in [-0.25, -0.2) is 4.79 Å². The Kier molecular flexibility index (Phi) is 4.18. The number of hydrogen-bond acceptors (Lipinski definition) is 6. The Bertz CT molecular complexity index is 436. The number of carboxylic acid groups (broad SMARTS) is 1. The predicted molar refractivity (Wildman–Crippen MR) is 58.5 cm³/mol. The zero-order chi connectivity index (χ0) is 13.8. The lowest BCUT2D eigenvalue weighted by Crippen LogP contribution is -2.32. The Balaban J connectivity index is 2.42. The van der Waals surface area contributed by atoms with Crippen LogP contribution >= 0.6 is 0 Å². The quantitative estimate of drug-likeness (QED) is 0.765. The number of amides is 1. The Labute approximate surface area is 103 Å². The zero-order valence-corrected chi connectivity index (χ0v) is 10.4. The minimum absolute atomic E-state index is 0.0224. The van der Waals surface area contributed by atoms with Gasteiger partial charge in [-0.05, 0) is 26.0 Å². The first-order valence-corrected chi connectivity index (χ1v) is 5.21. The van der Waals surface area contributed by atoms with E-state index in [1.807, 2.05) is 0 Å². The highest BCUT2D eigenvalue weighted by Crippen LogP contribution is 2.06. The summed E-state index contributed by atoms with van der Waals surface area (Å²) in [5.41, 5.74) is -0.585. The summed E-state index contributed by atoms with van der Waals surface area (Å²) in [5, 5.41) is 21.8. The number of alkyl carbamates (subject to hydrolysis) is 1. The van der Waals surface area contributed by atoms with Crippen LogP contribution in [0.25, 0.3) is 0 Å². The van der Waals surface area contributed by atoms with Crippen molar-refractivity contribution < 1.29 is 19.4 Å². The molecule has 1 aromatic rings. The lowest BCUT2D eigenvalue weighted by Gasteiger charge is -2.19. The molecule has 0 saturated carbocycles. The predicted octanol–water partition coefficient (Wildman–Crippen LogP) is -0.218.